The summed E-state index contributed by atoms with van der Waals surface area (Å²) in [5, 5.41) is 9.79. The van der Waals surface area contributed by atoms with Crippen LogP contribution in [0.4, 0.5) is 0 Å². The Morgan fingerprint density at radius 1 is 1.07 bits per heavy atom. The molecule has 0 saturated carbocycles. The molecular formula is C22H27IN4OS. The zero-order chi connectivity index (χ0) is 19.6. The molecule has 0 radical (unpaired) electrons. The van der Waals surface area contributed by atoms with Crippen molar-refractivity contribution in [2.24, 2.45) is 4.99 Å². The van der Waals surface area contributed by atoms with E-state index in [-0.39, 0.29) is 24.0 Å². The fraction of sp³-hybridized carbons (Fsp3) is 0.273. The van der Waals surface area contributed by atoms with Crippen molar-refractivity contribution in [3.8, 4) is 16.3 Å². The average molecular weight is 522 g/mol. The summed E-state index contributed by atoms with van der Waals surface area (Å²) in [6, 6.07) is 18.4. The molecule has 0 aliphatic heterocycles. The maximum Gasteiger partial charge on any atom is 0.191 e. The van der Waals surface area contributed by atoms with Crippen LogP contribution in [-0.2, 0) is 13.0 Å². The fourth-order valence-corrected chi connectivity index (χ4v) is 3.53. The number of halogens is 1. The third-order valence-electron chi connectivity index (χ3n) is 4.18. The van der Waals surface area contributed by atoms with Crippen LogP contribution in [0.3, 0.4) is 0 Å². The first kappa shape index (κ1) is 23.2. The molecule has 3 rings (SSSR count). The molecule has 0 amide bonds. The number of rotatable bonds is 8. The molecule has 1 heterocycles. The van der Waals surface area contributed by atoms with Gasteiger partial charge in [-0.3, -0.25) is 0 Å². The van der Waals surface area contributed by atoms with Crippen molar-refractivity contribution in [1.82, 2.24) is 15.6 Å². The lowest BCUT2D eigenvalue weighted by atomic mass is 10.1. The number of nitrogens with one attached hydrogen (secondary N) is 2. The predicted octanol–water partition coefficient (Wildman–Crippen LogP) is 4.73. The van der Waals surface area contributed by atoms with Gasteiger partial charge in [-0.05, 0) is 31.0 Å². The summed E-state index contributed by atoms with van der Waals surface area (Å²) in [5.41, 5.74) is 3.39. The van der Waals surface area contributed by atoms with E-state index in [1.807, 2.05) is 30.3 Å². The number of aliphatic imine (C=N–C) groups is 1. The van der Waals surface area contributed by atoms with Gasteiger partial charge in [0, 0.05) is 24.0 Å². The highest BCUT2D eigenvalue weighted by molar-refractivity contribution is 14.0. The van der Waals surface area contributed by atoms with Crippen molar-refractivity contribution in [2.45, 2.75) is 19.9 Å². The highest BCUT2D eigenvalue weighted by atomic mass is 127. The van der Waals surface area contributed by atoms with Crippen LogP contribution in [0.2, 0.25) is 0 Å². The Morgan fingerprint density at radius 3 is 2.52 bits per heavy atom. The monoisotopic (exact) mass is 522 g/mol. The van der Waals surface area contributed by atoms with Crippen molar-refractivity contribution < 1.29 is 4.74 Å². The van der Waals surface area contributed by atoms with Crippen LogP contribution in [0.1, 0.15) is 18.2 Å². The van der Waals surface area contributed by atoms with Crippen LogP contribution in [0.5, 0.6) is 5.75 Å². The van der Waals surface area contributed by atoms with Gasteiger partial charge in [-0.2, -0.15) is 0 Å². The molecule has 0 aliphatic rings. The first-order valence-corrected chi connectivity index (χ1v) is 10.3. The molecule has 0 atom stereocenters. The van der Waals surface area contributed by atoms with E-state index >= 15 is 0 Å². The zero-order valence-corrected chi connectivity index (χ0v) is 19.9. The van der Waals surface area contributed by atoms with Crippen LogP contribution < -0.4 is 15.4 Å². The standard InChI is InChI=1S/C22H26N4OS.HI/c1-3-23-22(24-14-13-17-9-11-20(27-2)12-10-17)25-15-19-16-28-21(26-19)18-7-5-4-6-8-18;/h4-12,16H,3,13-15H2,1-2H3,(H2,23,24,25);1H. The van der Waals surface area contributed by atoms with Gasteiger partial charge in [-0.1, -0.05) is 42.5 Å². The number of benzene rings is 2. The maximum absolute atomic E-state index is 5.20. The molecule has 0 spiro atoms. The summed E-state index contributed by atoms with van der Waals surface area (Å²) in [5.74, 6) is 1.69. The van der Waals surface area contributed by atoms with Gasteiger partial charge in [-0.15, -0.1) is 35.3 Å². The minimum absolute atomic E-state index is 0. The van der Waals surface area contributed by atoms with Crippen LogP contribution >= 0.6 is 35.3 Å². The molecule has 154 valence electrons. The van der Waals surface area contributed by atoms with Crippen molar-refractivity contribution in [2.75, 3.05) is 20.2 Å². The number of thiazole rings is 1. The molecule has 0 unspecified atom stereocenters. The Morgan fingerprint density at radius 2 is 1.83 bits per heavy atom. The third kappa shape index (κ3) is 7.32. The van der Waals surface area contributed by atoms with Gasteiger partial charge in [-0.25, -0.2) is 9.98 Å². The molecule has 0 aliphatic carbocycles. The molecule has 7 heteroatoms. The number of methoxy groups -OCH3 is 1. The summed E-state index contributed by atoms with van der Waals surface area (Å²) >= 11 is 1.65. The first-order valence-electron chi connectivity index (χ1n) is 9.43. The largest absolute Gasteiger partial charge is 0.497 e. The maximum atomic E-state index is 5.20. The van der Waals surface area contributed by atoms with E-state index < -0.39 is 0 Å². The Bertz CT molecular complexity index is 881. The minimum Gasteiger partial charge on any atom is -0.497 e. The normalized spacial score (nSPS) is 10.9. The van der Waals surface area contributed by atoms with E-state index in [9.17, 15) is 0 Å². The summed E-state index contributed by atoms with van der Waals surface area (Å²) in [6.45, 7) is 4.25. The summed E-state index contributed by atoms with van der Waals surface area (Å²) in [6.07, 6.45) is 0.920. The molecule has 1 aromatic heterocycles. The highest BCUT2D eigenvalue weighted by Gasteiger charge is 2.05. The molecule has 5 nitrogen and oxygen atoms in total. The second kappa shape index (κ2) is 12.4. The average Bonchev–Trinajstić information content (AvgIpc) is 3.22. The van der Waals surface area contributed by atoms with Gasteiger partial charge in [0.05, 0.1) is 19.3 Å². The molecule has 2 N–H and O–H groups in total. The van der Waals surface area contributed by atoms with Crippen molar-refractivity contribution in [3.05, 3.63) is 71.2 Å². The van der Waals surface area contributed by atoms with Gasteiger partial charge < -0.3 is 15.4 Å². The molecular weight excluding hydrogens is 495 g/mol. The van der Waals surface area contributed by atoms with Crippen LogP contribution in [0.25, 0.3) is 10.6 Å². The summed E-state index contributed by atoms with van der Waals surface area (Å²) in [7, 11) is 1.68. The number of nitrogens with zero attached hydrogens (tertiary/aromatic N) is 2. The lowest BCUT2D eigenvalue weighted by molar-refractivity contribution is 0.414. The van der Waals surface area contributed by atoms with Gasteiger partial charge in [0.2, 0.25) is 0 Å². The third-order valence-corrected chi connectivity index (χ3v) is 5.12. The van der Waals surface area contributed by atoms with E-state index in [4.69, 9.17) is 9.72 Å². The van der Waals surface area contributed by atoms with Crippen LogP contribution in [-0.4, -0.2) is 31.1 Å². The summed E-state index contributed by atoms with van der Waals surface area (Å²) in [4.78, 5) is 9.37. The number of guanidine groups is 1. The van der Waals surface area contributed by atoms with Crippen molar-refractivity contribution in [1.29, 1.82) is 0 Å². The highest BCUT2D eigenvalue weighted by Crippen LogP contribution is 2.23. The number of ether oxygens (including phenoxy) is 1. The Balaban J connectivity index is 0.00000300. The number of hydrogen-bond acceptors (Lipinski definition) is 4. The molecule has 0 fully saturated rings. The Hall–Kier alpha value is -2.13. The minimum atomic E-state index is 0. The topological polar surface area (TPSA) is 58.5 Å². The van der Waals surface area contributed by atoms with E-state index in [1.165, 1.54) is 5.56 Å². The van der Waals surface area contributed by atoms with Gasteiger partial charge in [0.1, 0.15) is 10.8 Å². The van der Waals surface area contributed by atoms with E-state index in [0.717, 1.165) is 47.5 Å². The second-order valence-corrected chi connectivity index (χ2v) is 7.09. The summed E-state index contributed by atoms with van der Waals surface area (Å²) < 4.78 is 5.20. The van der Waals surface area contributed by atoms with E-state index in [0.29, 0.717) is 6.54 Å². The van der Waals surface area contributed by atoms with Crippen molar-refractivity contribution >= 4 is 41.3 Å². The first-order chi connectivity index (χ1) is 13.8. The lowest BCUT2D eigenvalue weighted by Gasteiger charge is -2.11. The van der Waals surface area contributed by atoms with Gasteiger partial charge in [0.15, 0.2) is 5.96 Å². The van der Waals surface area contributed by atoms with Crippen LogP contribution in [0, 0.1) is 0 Å². The molecule has 3 aromatic rings. The lowest BCUT2D eigenvalue weighted by Crippen LogP contribution is -2.38. The quantitative estimate of drug-likeness (QED) is 0.255. The molecule has 0 bridgehead atoms. The zero-order valence-electron chi connectivity index (χ0n) is 16.7. The Labute approximate surface area is 193 Å². The van der Waals surface area contributed by atoms with E-state index in [2.05, 4.69) is 52.2 Å². The van der Waals surface area contributed by atoms with Gasteiger partial charge in [0.25, 0.3) is 0 Å². The predicted molar refractivity (Wildman–Crippen MR) is 132 cm³/mol. The number of aromatic nitrogens is 1. The second-order valence-electron chi connectivity index (χ2n) is 6.23. The number of hydrogen-bond donors (Lipinski definition) is 2. The molecule has 29 heavy (non-hydrogen) atoms. The van der Waals surface area contributed by atoms with Crippen LogP contribution in [0.15, 0.2) is 65.0 Å². The smallest absolute Gasteiger partial charge is 0.191 e. The molecule has 0 saturated heterocycles. The Kier molecular flexibility index (Phi) is 9.93. The van der Waals surface area contributed by atoms with E-state index in [1.54, 1.807) is 18.4 Å². The SMILES string of the molecule is CCNC(=NCc1csc(-c2ccccc2)n1)NCCc1ccc(OC)cc1.I. The van der Waals surface area contributed by atoms with Gasteiger partial charge >= 0.3 is 0 Å². The molecule has 2 aromatic carbocycles. The fourth-order valence-electron chi connectivity index (χ4n) is 2.71. The van der Waals surface area contributed by atoms with Crippen molar-refractivity contribution in [3.63, 3.8) is 0 Å².